The van der Waals surface area contributed by atoms with Gasteiger partial charge in [0.15, 0.2) is 5.54 Å². The predicted molar refractivity (Wildman–Crippen MR) is 147 cm³/mol. The Morgan fingerprint density at radius 1 is 1.03 bits per heavy atom. The molecule has 0 N–H and O–H groups in total. The lowest BCUT2D eigenvalue weighted by molar-refractivity contribution is -0.140. The molecule has 0 saturated carbocycles. The molecule has 1 heterocycles. The van der Waals surface area contributed by atoms with Crippen molar-refractivity contribution in [3.05, 3.63) is 102 Å². The molecule has 38 heavy (non-hydrogen) atoms. The van der Waals surface area contributed by atoms with Gasteiger partial charge in [-0.25, -0.2) is 4.79 Å². The second kappa shape index (κ2) is 11.9. The van der Waals surface area contributed by atoms with Crippen LogP contribution in [0.15, 0.2) is 101 Å². The molecule has 1 amide bonds. The third kappa shape index (κ3) is 5.67. The van der Waals surface area contributed by atoms with Crippen LogP contribution in [0.5, 0.6) is 5.75 Å². The molecule has 0 aromatic heterocycles. The lowest BCUT2D eigenvalue weighted by Crippen LogP contribution is -2.39. The quantitative estimate of drug-likeness (QED) is 0.162. The average molecular weight is 512 g/mol. The van der Waals surface area contributed by atoms with Gasteiger partial charge in [0, 0.05) is 17.6 Å². The Kier molecular flexibility index (Phi) is 8.36. The second-order valence-corrected chi connectivity index (χ2v) is 9.54. The third-order valence-electron chi connectivity index (χ3n) is 6.79. The summed E-state index contributed by atoms with van der Waals surface area (Å²) < 4.78 is 10.7. The summed E-state index contributed by atoms with van der Waals surface area (Å²) in [5.74, 6) is 0.116. The van der Waals surface area contributed by atoms with Crippen molar-refractivity contribution >= 4 is 23.3 Å². The molecule has 1 aliphatic heterocycles. The molecule has 1 aliphatic rings. The first-order valence-electron chi connectivity index (χ1n) is 12.7. The molecule has 0 radical (unpaired) electrons. The molecule has 196 valence electrons. The van der Waals surface area contributed by atoms with E-state index in [1.807, 2.05) is 68.4 Å². The molecule has 3 aromatic rings. The Hall–Kier alpha value is -4.26. The number of carbonyl (C=O) groups excluding carboxylic acids is 2. The average Bonchev–Trinajstić information content (AvgIpc) is 3.18. The normalized spacial score (nSPS) is 17.3. The number of esters is 1. The van der Waals surface area contributed by atoms with Gasteiger partial charge in [-0.15, -0.1) is 0 Å². The molecule has 7 nitrogen and oxygen atoms in total. The van der Waals surface area contributed by atoms with Crippen LogP contribution in [0.2, 0.25) is 0 Å². The molecule has 0 aliphatic carbocycles. The van der Waals surface area contributed by atoms with Crippen LogP contribution in [0.25, 0.3) is 0 Å². The molecule has 0 spiro atoms. The van der Waals surface area contributed by atoms with E-state index >= 15 is 0 Å². The number of carbonyl (C=O) groups is 2. The van der Waals surface area contributed by atoms with Crippen molar-refractivity contribution in [3.63, 3.8) is 0 Å². The number of anilines is 1. The molecule has 4 rings (SSSR count). The number of azo groups is 1. The van der Waals surface area contributed by atoms with Gasteiger partial charge in [0.2, 0.25) is 0 Å². The maximum Gasteiger partial charge on any atom is 0.333 e. The number of rotatable bonds is 11. The number of hydrogen-bond acceptors (Lipinski definition) is 6. The topological polar surface area (TPSA) is 80.6 Å². The van der Waals surface area contributed by atoms with Crippen LogP contribution in [0.4, 0.5) is 11.4 Å². The summed E-state index contributed by atoms with van der Waals surface area (Å²) in [4.78, 5) is 28.8. The SMILES string of the molecule is C=C(CC1(N=Nc2ccc(OC)cc2)C(=O)N(Cc2ccccc2)c2ccccc21)C(=O)OCC(C)CC. The molecule has 0 bridgehead atoms. The molecule has 0 fully saturated rings. The van der Waals surface area contributed by atoms with Crippen molar-refractivity contribution in [2.45, 2.75) is 38.8 Å². The summed E-state index contributed by atoms with van der Waals surface area (Å²) in [5, 5.41) is 9.11. The number of benzene rings is 3. The standard InChI is InChI=1S/C31H33N3O4/c1-5-22(2)21-38-29(35)23(3)19-31(33-32-25-15-17-26(37-4)18-16-25)27-13-9-10-14-28(27)34(30(31)36)20-24-11-7-6-8-12-24/h6-18,22H,3,5,19-21H2,1-2,4H3. The number of para-hydroxylation sites is 1. The van der Waals surface area contributed by atoms with E-state index in [9.17, 15) is 9.59 Å². The van der Waals surface area contributed by atoms with Crippen LogP contribution in [0.1, 0.15) is 37.8 Å². The monoisotopic (exact) mass is 511 g/mol. The highest BCUT2D eigenvalue weighted by atomic mass is 16.5. The van der Waals surface area contributed by atoms with E-state index in [0.29, 0.717) is 30.2 Å². The van der Waals surface area contributed by atoms with E-state index in [1.165, 1.54) is 0 Å². The van der Waals surface area contributed by atoms with Gasteiger partial charge in [-0.05, 0) is 41.8 Å². The van der Waals surface area contributed by atoms with E-state index < -0.39 is 11.5 Å². The fourth-order valence-electron chi connectivity index (χ4n) is 4.34. The maximum atomic E-state index is 14.2. The van der Waals surface area contributed by atoms with Gasteiger partial charge in [-0.2, -0.15) is 10.2 Å². The molecule has 0 saturated heterocycles. The lowest BCUT2D eigenvalue weighted by Gasteiger charge is -2.24. The Morgan fingerprint density at radius 3 is 2.39 bits per heavy atom. The highest BCUT2D eigenvalue weighted by Crippen LogP contribution is 2.47. The van der Waals surface area contributed by atoms with Crippen LogP contribution in [0, 0.1) is 5.92 Å². The largest absolute Gasteiger partial charge is 0.497 e. The fraction of sp³-hybridized carbons (Fsp3) is 0.290. The van der Waals surface area contributed by atoms with Crippen molar-refractivity contribution in [1.29, 1.82) is 0 Å². The smallest absolute Gasteiger partial charge is 0.333 e. The number of methoxy groups -OCH3 is 1. The first kappa shape index (κ1) is 26.8. The van der Waals surface area contributed by atoms with E-state index in [2.05, 4.69) is 16.8 Å². The van der Waals surface area contributed by atoms with Crippen molar-refractivity contribution in [3.8, 4) is 5.75 Å². The Bertz CT molecular complexity index is 1320. The van der Waals surface area contributed by atoms with E-state index in [-0.39, 0.29) is 23.8 Å². The Balaban J connectivity index is 1.73. The number of hydrogen-bond donors (Lipinski definition) is 0. The van der Waals surface area contributed by atoms with Crippen molar-refractivity contribution in [1.82, 2.24) is 0 Å². The van der Waals surface area contributed by atoms with E-state index in [4.69, 9.17) is 9.47 Å². The van der Waals surface area contributed by atoms with Crippen LogP contribution in [0.3, 0.4) is 0 Å². The summed E-state index contributed by atoms with van der Waals surface area (Å²) in [5.41, 5.74) is 1.65. The number of amides is 1. The van der Waals surface area contributed by atoms with Gasteiger partial charge in [0.25, 0.3) is 5.91 Å². The maximum absolute atomic E-state index is 14.2. The molecular formula is C31H33N3O4. The van der Waals surface area contributed by atoms with Crippen LogP contribution >= 0.6 is 0 Å². The Morgan fingerprint density at radius 2 is 1.71 bits per heavy atom. The zero-order valence-corrected chi connectivity index (χ0v) is 22.1. The van der Waals surface area contributed by atoms with E-state index in [0.717, 1.165) is 17.7 Å². The summed E-state index contributed by atoms with van der Waals surface area (Å²) in [7, 11) is 1.59. The Labute approximate surface area is 223 Å². The highest BCUT2D eigenvalue weighted by Gasteiger charge is 2.52. The van der Waals surface area contributed by atoms with Crippen LogP contribution in [-0.2, 0) is 26.4 Å². The molecule has 2 atom stereocenters. The van der Waals surface area contributed by atoms with Gasteiger partial charge in [0.1, 0.15) is 5.75 Å². The van der Waals surface area contributed by atoms with E-state index in [1.54, 1.807) is 36.3 Å². The van der Waals surface area contributed by atoms with Crippen LogP contribution in [-0.4, -0.2) is 25.6 Å². The summed E-state index contributed by atoms with van der Waals surface area (Å²) in [6, 6.07) is 24.3. The summed E-state index contributed by atoms with van der Waals surface area (Å²) in [6.45, 7) is 8.70. The first-order valence-corrected chi connectivity index (χ1v) is 12.7. The summed E-state index contributed by atoms with van der Waals surface area (Å²) >= 11 is 0. The second-order valence-electron chi connectivity index (χ2n) is 9.54. The predicted octanol–water partition coefficient (Wildman–Crippen LogP) is 6.76. The van der Waals surface area contributed by atoms with Crippen molar-refractivity contribution in [2.75, 3.05) is 18.6 Å². The van der Waals surface area contributed by atoms with Gasteiger partial charge >= 0.3 is 5.97 Å². The minimum absolute atomic E-state index is 0.0485. The zero-order valence-electron chi connectivity index (χ0n) is 22.1. The van der Waals surface area contributed by atoms with Gasteiger partial charge < -0.3 is 14.4 Å². The molecular weight excluding hydrogens is 478 g/mol. The number of nitrogens with zero attached hydrogens (tertiary/aromatic N) is 3. The number of fused-ring (bicyclic) bond motifs is 1. The van der Waals surface area contributed by atoms with Gasteiger partial charge in [0.05, 0.1) is 31.6 Å². The first-order chi connectivity index (χ1) is 18.4. The third-order valence-corrected chi connectivity index (χ3v) is 6.79. The lowest BCUT2D eigenvalue weighted by atomic mass is 9.86. The summed E-state index contributed by atoms with van der Waals surface area (Å²) in [6.07, 6.45) is 0.840. The zero-order chi connectivity index (χ0) is 27.1. The van der Waals surface area contributed by atoms with Gasteiger partial charge in [-0.3, -0.25) is 4.79 Å². The molecule has 7 heteroatoms. The van der Waals surface area contributed by atoms with Crippen LogP contribution < -0.4 is 9.64 Å². The molecule has 2 unspecified atom stereocenters. The van der Waals surface area contributed by atoms with Crippen molar-refractivity contribution < 1.29 is 19.1 Å². The minimum Gasteiger partial charge on any atom is -0.497 e. The molecule has 3 aromatic carbocycles. The fourth-order valence-corrected chi connectivity index (χ4v) is 4.34. The van der Waals surface area contributed by atoms with Gasteiger partial charge in [-0.1, -0.05) is 75.4 Å². The number of ether oxygens (including phenoxy) is 2. The highest BCUT2D eigenvalue weighted by molar-refractivity contribution is 6.08. The van der Waals surface area contributed by atoms with Crippen molar-refractivity contribution in [2.24, 2.45) is 16.1 Å². The minimum atomic E-state index is -1.46.